The Bertz CT molecular complexity index is 146. The molecule has 0 aromatic rings. The summed E-state index contributed by atoms with van der Waals surface area (Å²) in [5, 5.41) is 0. The first-order valence-corrected chi connectivity index (χ1v) is 3.32. The fraction of sp³-hybridized carbons (Fsp3) is 0.833. The molecule has 0 aromatic heterocycles. The molecule has 1 atom stereocenters. The van der Waals surface area contributed by atoms with E-state index in [-0.39, 0.29) is 12.2 Å². The van der Waals surface area contributed by atoms with E-state index in [9.17, 15) is 4.79 Å². The number of hydrogen-bond acceptors (Lipinski definition) is 2. The van der Waals surface area contributed by atoms with E-state index in [0.29, 0.717) is 0 Å². The number of fused-ring (bicyclic) bond motifs is 2. The van der Waals surface area contributed by atoms with Crippen LogP contribution in [0.2, 0.25) is 0 Å². The zero-order chi connectivity index (χ0) is 6.27. The van der Waals surface area contributed by atoms with E-state index in [2.05, 4.69) is 0 Å². The van der Waals surface area contributed by atoms with E-state index >= 15 is 0 Å². The summed E-state index contributed by atoms with van der Waals surface area (Å²) < 4.78 is 4.97. The molecular formula is C6H9NO2. The quantitative estimate of drug-likeness (QED) is 0.477. The monoisotopic (exact) mass is 127 g/mol. The van der Waals surface area contributed by atoms with Gasteiger partial charge < -0.3 is 9.64 Å². The Morgan fingerprint density at radius 3 is 3.22 bits per heavy atom. The highest BCUT2D eigenvalue weighted by Gasteiger charge is 2.33. The Kier molecular flexibility index (Phi) is 0.917. The van der Waals surface area contributed by atoms with Gasteiger partial charge in [-0.2, -0.15) is 0 Å². The van der Waals surface area contributed by atoms with Crippen LogP contribution in [0.25, 0.3) is 0 Å². The van der Waals surface area contributed by atoms with Crippen molar-refractivity contribution in [3.05, 3.63) is 0 Å². The molecule has 2 rings (SSSR count). The molecule has 0 spiro atoms. The second-order valence-corrected chi connectivity index (χ2v) is 2.59. The van der Waals surface area contributed by atoms with Gasteiger partial charge in [0, 0.05) is 6.54 Å². The molecular weight excluding hydrogens is 118 g/mol. The van der Waals surface area contributed by atoms with Crippen LogP contribution >= 0.6 is 0 Å². The van der Waals surface area contributed by atoms with Gasteiger partial charge in [0.1, 0.15) is 6.10 Å². The van der Waals surface area contributed by atoms with Crippen LogP contribution in [0.3, 0.4) is 0 Å². The molecule has 1 amide bonds. The predicted molar refractivity (Wildman–Crippen MR) is 31.1 cm³/mol. The minimum atomic E-state index is -0.113. The van der Waals surface area contributed by atoms with Gasteiger partial charge in [0.05, 0.1) is 6.54 Å². The zero-order valence-corrected chi connectivity index (χ0v) is 5.17. The number of carbonyl (C=O) groups is 1. The lowest BCUT2D eigenvalue weighted by atomic mass is 10.1. The van der Waals surface area contributed by atoms with Gasteiger partial charge in [-0.05, 0) is 12.8 Å². The van der Waals surface area contributed by atoms with E-state index in [1.54, 1.807) is 4.90 Å². The van der Waals surface area contributed by atoms with Gasteiger partial charge in [-0.3, -0.25) is 0 Å². The number of nitrogens with zero attached hydrogens (tertiary/aromatic N) is 1. The molecule has 1 unspecified atom stereocenters. The number of carbonyl (C=O) groups excluding carboxylic acids is 1. The van der Waals surface area contributed by atoms with Gasteiger partial charge in [-0.15, -0.1) is 0 Å². The summed E-state index contributed by atoms with van der Waals surface area (Å²) in [6.45, 7) is 1.73. The molecule has 3 heteroatoms. The maximum atomic E-state index is 10.8. The minimum absolute atomic E-state index is 0.113. The smallest absolute Gasteiger partial charge is 0.410 e. The molecule has 2 aliphatic heterocycles. The maximum absolute atomic E-state index is 10.8. The highest BCUT2D eigenvalue weighted by Crippen LogP contribution is 2.20. The summed E-state index contributed by atoms with van der Waals surface area (Å²) in [6.07, 6.45) is 2.27. The van der Waals surface area contributed by atoms with E-state index in [1.165, 1.54) is 0 Å². The van der Waals surface area contributed by atoms with Crippen molar-refractivity contribution in [2.45, 2.75) is 18.9 Å². The molecule has 2 fully saturated rings. The van der Waals surface area contributed by atoms with Crippen molar-refractivity contribution in [3.8, 4) is 0 Å². The molecule has 2 saturated heterocycles. The Hall–Kier alpha value is -0.730. The first-order valence-electron chi connectivity index (χ1n) is 3.32. The first-order chi connectivity index (χ1) is 4.36. The van der Waals surface area contributed by atoms with Crippen molar-refractivity contribution >= 4 is 6.09 Å². The summed E-state index contributed by atoms with van der Waals surface area (Å²) in [5.41, 5.74) is 0. The number of ether oxygens (including phenoxy) is 1. The first kappa shape index (κ1) is 5.09. The average molecular weight is 127 g/mol. The van der Waals surface area contributed by atoms with E-state index < -0.39 is 0 Å². The summed E-state index contributed by atoms with van der Waals surface area (Å²) in [7, 11) is 0. The van der Waals surface area contributed by atoms with Crippen molar-refractivity contribution in [1.82, 2.24) is 4.90 Å². The van der Waals surface area contributed by atoms with Gasteiger partial charge in [-0.25, -0.2) is 4.79 Å². The number of amides is 1. The molecule has 3 nitrogen and oxygen atoms in total. The average Bonchev–Trinajstić information content (AvgIpc) is 2.09. The van der Waals surface area contributed by atoms with Crippen molar-refractivity contribution in [1.29, 1.82) is 0 Å². The standard InChI is InChI=1S/C6H9NO2/c8-6-7-3-1-2-5(4-7)9-6/h5H,1-4H2. The summed E-state index contributed by atoms with van der Waals surface area (Å²) >= 11 is 0. The Morgan fingerprint density at radius 1 is 1.67 bits per heavy atom. The molecule has 0 aliphatic carbocycles. The van der Waals surface area contributed by atoms with Crippen molar-refractivity contribution < 1.29 is 9.53 Å². The molecule has 2 heterocycles. The van der Waals surface area contributed by atoms with Crippen LogP contribution in [0, 0.1) is 0 Å². The maximum Gasteiger partial charge on any atom is 0.410 e. The molecule has 9 heavy (non-hydrogen) atoms. The van der Waals surface area contributed by atoms with Crippen LogP contribution in [0.1, 0.15) is 12.8 Å². The van der Waals surface area contributed by atoms with Gasteiger partial charge >= 0.3 is 6.09 Å². The van der Waals surface area contributed by atoms with Gasteiger partial charge in [0.15, 0.2) is 0 Å². The van der Waals surface area contributed by atoms with Crippen LogP contribution in [0.4, 0.5) is 4.79 Å². The van der Waals surface area contributed by atoms with Crippen LogP contribution < -0.4 is 0 Å². The normalized spacial score (nSPS) is 32.7. The van der Waals surface area contributed by atoms with Gasteiger partial charge in [0.25, 0.3) is 0 Å². The van der Waals surface area contributed by atoms with Crippen LogP contribution in [-0.4, -0.2) is 30.2 Å². The highest BCUT2D eigenvalue weighted by molar-refractivity contribution is 5.70. The van der Waals surface area contributed by atoms with E-state index in [4.69, 9.17) is 4.74 Å². The number of rotatable bonds is 0. The third-order valence-electron chi connectivity index (χ3n) is 1.90. The fourth-order valence-electron chi connectivity index (χ4n) is 1.42. The Morgan fingerprint density at radius 2 is 2.56 bits per heavy atom. The summed E-state index contributed by atoms with van der Waals surface area (Å²) in [5.74, 6) is 0. The Balaban J connectivity index is 2.15. The van der Waals surface area contributed by atoms with Crippen molar-refractivity contribution in [2.24, 2.45) is 0 Å². The van der Waals surface area contributed by atoms with Gasteiger partial charge in [-0.1, -0.05) is 0 Å². The third kappa shape index (κ3) is 0.677. The Labute approximate surface area is 53.6 Å². The summed E-state index contributed by atoms with van der Waals surface area (Å²) in [4.78, 5) is 12.5. The van der Waals surface area contributed by atoms with Crippen LogP contribution in [0.5, 0.6) is 0 Å². The molecule has 0 saturated carbocycles. The zero-order valence-electron chi connectivity index (χ0n) is 5.17. The fourth-order valence-corrected chi connectivity index (χ4v) is 1.42. The topological polar surface area (TPSA) is 29.5 Å². The molecule has 0 aromatic carbocycles. The van der Waals surface area contributed by atoms with E-state index in [0.717, 1.165) is 25.9 Å². The lowest BCUT2D eigenvalue weighted by molar-refractivity contribution is 0.137. The number of piperidine rings is 1. The number of hydrogen-bond donors (Lipinski definition) is 0. The molecule has 0 radical (unpaired) electrons. The minimum Gasteiger partial charge on any atom is -0.444 e. The second kappa shape index (κ2) is 1.62. The SMILES string of the molecule is O=C1OC2CCCN1C2. The molecule has 50 valence electrons. The molecule has 0 N–H and O–H groups in total. The van der Waals surface area contributed by atoms with Crippen LogP contribution in [0.15, 0.2) is 0 Å². The summed E-state index contributed by atoms with van der Waals surface area (Å²) in [6, 6.07) is 0. The van der Waals surface area contributed by atoms with Crippen LogP contribution in [-0.2, 0) is 4.74 Å². The highest BCUT2D eigenvalue weighted by atomic mass is 16.6. The lowest BCUT2D eigenvalue weighted by Crippen LogP contribution is -2.30. The van der Waals surface area contributed by atoms with Gasteiger partial charge in [0.2, 0.25) is 0 Å². The second-order valence-electron chi connectivity index (χ2n) is 2.59. The van der Waals surface area contributed by atoms with E-state index in [1.807, 2.05) is 0 Å². The predicted octanol–water partition coefficient (Wildman–Crippen LogP) is 0.601. The molecule has 2 aliphatic rings. The van der Waals surface area contributed by atoms with Crippen molar-refractivity contribution in [2.75, 3.05) is 13.1 Å². The molecule has 2 bridgehead atoms. The lowest BCUT2D eigenvalue weighted by Gasteiger charge is -2.16. The largest absolute Gasteiger partial charge is 0.444 e. The van der Waals surface area contributed by atoms with Crippen molar-refractivity contribution in [3.63, 3.8) is 0 Å². The third-order valence-corrected chi connectivity index (χ3v) is 1.90.